The van der Waals surface area contributed by atoms with Crippen LogP contribution < -0.4 is 10.1 Å². The molecule has 0 radical (unpaired) electrons. The predicted molar refractivity (Wildman–Crippen MR) is 84.1 cm³/mol. The summed E-state index contributed by atoms with van der Waals surface area (Å²) >= 11 is 0. The van der Waals surface area contributed by atoms with Gasteiger partial charge in [0.2, 0.25) is 0 Å². The molecular weight excluding hydrogens is 278 g/mol. The number of hydrogen-bond acceptors (Lipinski definition) is 3. The van der Waals surface area contributed by atoms with Crippen LogP contribution in [0.25, 0.3) is 6.08 Å². The molecule has 1 heterocycles. The van der Waals surface area contributed by atoms with Crippen LogP contribution in [0, 0.1) is 0 Å². The maximum absolute atomic E-state index is 11.9. The van der Waals surface area contributed by atoms with Gasteiger partial charge in [-0.05, 0) is 35.7 Å². The van der Waals surface area contributed by atoms with Crippen molar-refractivity contribution < 1.29 is 14.3 Å². The highest BCUT2D eigenvalue weighted by atomic mass is 16.5. The van der Waals surface area contributed by atoms with E-state index in [1.54, 1.807) is 25.3 Å². The first-order chi connectivity index (χ1) is 10.6. The van der Waals surface area contributed by atoms with E-state index in [1.165, 1.54) is 0 Å². The highest BCUT2D eigenvalue weighted by Gasteiger charge is 2.28. The molecule has 4 heteroatoms. The summed E-state index contributed by atoms with van der Waals surface area (Å²) in [5, 5.41) is 2.34. The van der Waals surface area contributed by atoms with Gasteiger partial charge in [0.05, 0.1) is 18.2 Å². The van der Waals surface area contributed by atoms with Crippen LogP contribution in [0.3, 0.4) is 0 Å². The van der Waals surface area contributed by atoms with Crippen LogP contribution in [-0.4, -0.2) is 18.9 Å². The van der Waals surface area contributed by atoms with E-state index >= 15 is 0 Å². The molecule has 2 amide bonds. The first-order valence-corrected chi connectivity index (χ1v) is 6.91. The van der Waals surface area contributed by atoms with Crippen LogP contribution in [0.2, 0.25) is 0 Å². The molecule has 0 fully saturated rings. The van der Waals surface area contributed by atoms with E-state index in [9.17, 15) is 9.59 Å². The largest absolute Gasteiger partial charge is 0.496 e. The van der Waals surface area contributed by atoms with Crippen LogP contribution >= 0.6 is 0 Å². The summed E-state index contributed by atoms with van der Waals surface area (Å²) in [6.07, 6.45) is 2.29. The molecule has 0 bridgehead atoms. The van der Waals surface area contributed by atoms with Crippen molar-refractivity contribution in [3.05, 3.63) is 70.8 Å². The minimum Gasteiger partial charge on any atom is -0.496 e. The quantitative estimate of drug-likeness (QED) is 0.882. The fourth-order valence-corrected chi connectivity index (χ4v) is 2.71. The van der Waals surface area contributed by atoms with Crippen LogP contribution in [-0.2, 0) is 6.42 Å². The standard InChI is InChI=1S/C18H15NO3/c1-3-12-9-11(7-8-15(12)22-2)10-13-5-4-6-14-16(13)18(21)19-17(14)20/h3-9H,1,10H2,2H3,(H,19,20,21). The topological polar surface area (TPSA) is 55.4 Å². The number of rotatable bonds is 4. The summed E-state index contributed by atoms with van der Waals surface area (Å²) in [4.78, 5) is 23.6. The molecule has 110 valence electrons. The summed E-state index contributed by atoms with van der Waals surface area (Å²) in [6, 6.07) is 11.1. The number of nitrogens with one attached hydrogen (secondary N) is 1. The molecule has 0 saturated heterocycles. The SMILES string of the molecule is C=Cc1cc(Cc2cccc3c2C(=O)NC3=O)ccc1OC. The Hall–Kier alpha value is -2.88. The van der Waals surface area contributed by atoms with Crippen LogP contribution in [0.1, 0.15) is 37.4 Å². The average molecular weight is 293 g/mol. The summed E-state index contributed by atoms with van der Waals surface area (Å²) < 4.78 is 5.27. The molecule has 3 rings (SSSR count). The zero-order valence-corrected chi connectivity index (χ0v) is 12.2. The fourth-order valence-electron chi connectivity index (χ4n) is 2.71. The summed E-state index contributed by atoms with van der Waals surface area (Å²) in [5.41, 5.74) is 3.67. The minimum atomic E-state index is -0.330. The summed E-state index contributed by atoms with van der Waals surface area (Å²) in [7, 11) is 1.61. The van der Waals surface area contributed by atoms with Crippen molar-refractivity contribution in [2.75, 3.05) is 7.11 Å². The lowest BCUT2D eigenvalue weighted by atomic mass is 9.96. The Morgan fingerprint density at radius 1 is 1.18 bits per heavy atom. The second-order valence-corrected chi connectivity index (χ2v) is 5.08. The molecule has 2 aromatic carbocycles. The van der Waals surface area contributed by atoms with Gasteiger partial charge in [0, 0.05) is 5.56 Å². The van der Waals surface area contributed by atoms with Crippen LogP contribution in [0.4, 0.5) is 0 Å². The predicted octanol–water partition coefficient (Wildman–Crippen LogP) is 2.81. The van der Waals surface area contributed by atoms with E-state index < -0.39 is 0 Å². The number of methoxy groups -OCH3 is 1. The molecule has 1 aliphatic heterocycles. The zero-order chi connectivity index (χ0) is 15.7. The lowest BCUT2D eigenvalue weighted by molar-refractivity contribution is 0.0879. The third kappa shape index (κ3) is 2.29. The summed E-state index contributed by atoms with van der Waals surface area (Å²) in [6.45, 7) is 3.78. The number of amides is 2. The van der Waals surface area contributed by atoms with E-state index in [1.807, 2.05) is 24.3 Å². The van der Waals surface area contributed by atoms with E-state index in [0.29, 0.717) is 17.5 Å². The van der Waals surface area contributed by atoms with Crippen molar-refractivity contribution in [3.63, 3.8) is 0 Å². The van der Waals surface area contributed by atoms with Gasteiger partial charge in [0.1, 0.15) is 5.75 Å². The van der Waals surface area contributed by atoms with Gasteiger partial charge >= 0.3 is 0 Å². The highest BCUT2D eigenvalue weighted by Crippen LogP contribution is 2.25. The Kier molecular flexibility index (Phi) is 3.51. The zero-order valence-electron chi connectivity index (χ0n) is 12.2. The van der Waals surface area contributed by atoms with Crippen molar-refractivity contribution in [3.8, 4) is 5.75 Å². The van der Waals surface area contributed by atoms with Crippen molar-refractivity contribution in [2.24, 2.45) is 0 Å². The Balaban J connectivity index is 2.00. The minimum absolute atomic E-state index is 0.326. The molecule has 1 aliphatic rings. The number of benzene rings is 2. The number of imide groups is 1. The van der Waals surface area contributed by atoms with Gasteiger partial charge in [-0.15, -0.1) is 0 Å². The number of carbonyl (C=O) groups is 2. The van der Waals surface area contributed by atoms with E-state index in [4.69, 9.17) is 4.74 Å². The molecule has 1 N–H and O–H groups in total. The third-order valence-corrected chi connectivity index (χ3v) is 3.76. The third-order valence-electron chi connectivity index (χ3n) is 3.76. The van der Waals surface area contributed by atoms with Gasteiger partial charge in [-0.3, -0.25) is 14.9 Å². The first-order valence-electron chi connectivity index (χ1n) is 6.91. The molecule has 0 saturated carbocycles. The maximum Gasteiger partial charge on any atom is 0.259 e. The Labute approximate surface area is 128 Å². The van der Waals surface area contributed by atoms with E-state index in [0.717, 1.165) is 22.4 Å². The summed E-state index contributed by atoms with van der Waals surface area (Å²) in [5.74, 6) is 0.0985. The Bertz CT molecular complexity index is 793. The number of carbonyl (C=O) groups excluding carboxylic acids is 2. The molecular formula is C18H15NO3. The maximum atomic E-state index is 11.9. The van der Waals surface area contributed by atoms with Gasteiger partial charge in [-0.2, -0.15) is 0 Å². The van der Waals surface area contributed by atoms with Crippen molar-refractivity contribution >= 4 is 17.9 Å². The van der Waals surface area contributed by atoms with Crippen LogP contribution in [0.15, 0.2) is 43.0 Å². The fraction of sp³-hybridized carbons (Fsp3) is 0.111. The molecule has 0 aliphatic carbocycles. The smallest absolute Gasteiger partial charge is 0.259 e. The van der Waals surface area contributed by atoms with E-state index in [2.05, 4.69) is 11.9 Å². The van der Waals surface area contributed by atoms with E-state index in [-0.39, 0.29) is 11.8 Å². The van der Waals surface area contributed by atoms with Gasteiger partial charge in [-0.25, -0.2) is 0 Å². The molecule has 22 heavy (non-hydrogen) atoms. The Morgan fingerprint density at radius 2 is 2.00 bits per heavy atom. The second-order valence-electron chi connectivity index (χ2n) is 5.08. The molecule has 0 atom stereocenters. The number of ether oxygens (including phenoxy) is 1. The number of hydrogen-bond donors (Lipinski definition) is 1. The van der Waals surface area contributed by atoms with Gasteiger partial charge < -0.3 is 4.74 Å². The monoisotopic (exact) mass is 293 g/mol. The van der Waals surface area contributed by atoms with Crippen LogP contribution in [0.5, 0.6) is 5.75 Å². The number of fused-ring (bicyclic) bond motifs is 1. The second kappa shape index (κ2) is 5.48. The molecule has 0 aromatic heterocycles. The molecule has 0 spiro atoms. The lowest BCUT2D eigenvalue weighted by Crippen LogP contribution is -2.20. The normalized spacial score (nSPS) is 12.8. The van der Waals surface area contributed by atoms with Gasteiger partial charge in [0.15, 0.2) is 0 Å². The first kappa shape index (κ1) is 14.1. The van der Waals surface area contributed by atoms with Gasteiger partial charge in [0.25, 0.3) is 11.8 Å². The molecule has 4 nitrogen and oxygen atoms in total. The average Bonchev–Trinajstić information content (AvgIpc) is 2.83. The molecule has 0 unspecified atom stereocenters. The van der Waals surface area contributed by atoms with Crippen molar-refractivity contribution in [1.82, 2.24) is 5.32 Å². The van der Waals surface area contributed by atoms with Crippen molar-refractivity contribution in [1.29, 1.82) is 0 Å². The Morgan fingerprint density at radius 3 is 2.73 bits per heavy atom. The van der Waals surface area contributed by atoms with Gasteiger partial charge in [-0.1, -0.05) is 30.9 Å². The van der Waals surface area contributed by atoms with Crippen molar-refractivity contribution in [2.45, 2.75) is 6.42 Å². The lowest BCUT2D eigenvalue weighted by Gasteiger charge is -2.09. The molecule has 2 aromatic rings. The highest BCUT2D eigenvalue weighted by molar-refractivity contribution is 6.22.